The lowest BCUT2D eigenvalue weighted by atomic mass is 9.96. The van der Waals surface area contributed by atoms with Gasteiger partial charge in [0.15, 0.2) is 0 Å². The van der Waals surface area contributed by atoms with Crippen molar-refractivity contribution in [2.45, 2.75) is 12.8 Å². The number of aromatic hydroxyl groups is 1. The second-order valence-electron chi connectivity index (χ2n) is 4.44. The third-order valence-corrected chi connectivity index (χ3v) is 3.24. The highest BCUT2D eigenvalue weighted by Crippen LogP contribution is 2.22. The van der Waals surface area contributed by atoms with E-state index >= 15 is 0 Å². The number of nitrogens with zero attached hydrogens (tertiary/aromatic N) is 1. The third-order valence-electron chi connectivity index (χ3n) is 3.24. The van der Waals surface area contributed by atoms with Crippen LogP contribution in [0.15, 0.2) is 24.3 Å². The summed E-state index contributed by atoms with van der Waals surface area (Å²) in [6.45, 7) is 1.81. The maximum atomic E-state index is 12.2. The summed E-state index contributed by atoms with van der Waals surface area (Å²) in [4.78, 5) is 13.9. The molecule has 0 spiro atoms. The van der Waals surface area contributed by atoms with Gasteiger partial charge in [0.25, 0.3) is 0 Å². The van der Waals surface area contributed by atoms with Gasteiger partial charge in [-0.2, -0.15) is 0 Å². The van der Waals surface area contributed by atoms with Crippen molar-refractivity contribution >= 4 is 11.6 Å². The molecule has 1 aliphatic rings. The van der Waals surface area contributed by atoms with Gasteiger partial charge >= 0.3 is 0 Å². The average molecular weight is 234 g/mol. The van der Waals surface area contributed by atoms with Crippen LogP contribution in [0.5, 0.6) is 5.75 Å². The first-order valence-electron chi connectivity index (χ1n) is 5.96. The predicted molar refractivity (Wildman–Crippen MR) is 67.1 cm³/mol. The Hall–Kier alpha value is -1.55. The summed E-state index contributed by atoms with van der Waals surface area (Å²) in [7, 11) is 1.76. The predicted octanol–water partition coefficient (Wildman–Crippen LogP) is 1.35. The molecule has 0 aliphatic carbocycles. The monoisotopic (exact) mass is 234 g/mol. The molecule has 2 N–H and O–H groups in total. The Morgan fingerprint density at radius 1 is 1.41 bits per heavy atom. The number of phenolic OH excluding ortho intramolecular Hbond substituents is 1. The molecule has 1 amide bonds. The molecule has 0 saturated carbocycles. The smallest absolute Gasteiger partial charge is 0.229 e. The van der Waals surface area contributed by atoms with Gasteiger partial charge in [-0.3, -0.25) is 4.79 Å². The van der Waals surface area contributed by atoms with Crippen LogP contribution in [0.3, 0.4) is 0 Å². The molecule has 1 aromatic carbocycles. The van der Waals surface area contributed by atoms with E-state index in [1.807, 2.05) is 6.07 Å². The fourth-order valence-corrected chi connectivity index (χ4v) is 2.17. The van der Waals surface area contributed by atoms with Crippen molar-refractivity contribution in [2.24, 2.45) is 5.92 Å². The minimum absolute atomic E-state index is 0.101. The SMILES string of the molecule is CN(C(=O)C1CCNCC1)c1cccc(O)c1. The van der Waals surface area contributed by atoms with Gasteiger partial charge in [0.05, 0.1) is 0 Å². The molecule has 2 rings (SSSR count). The molecule has 4 nitrogen and oxygen atoms in total. The largest absolute Gasteiger partial charge is 0.508 e. The molecule has 1 saturated heterocycles. The van der Waals surface area contributed by atoms with Crippen LogP contribution in [-0.4, -0.2) is 31.2 Å². The number of hydrogen-bond acceptors (Lipinski definition) is 3. The topological polar surface area (TPSA) is 52.6 Å². The molecule has 92 valence electrons. The van der Waals surface area contributed by atoms with Gasteiger partial charge in [-0.1, -0.05) is 6.07 Å². The Balaban J connectivity index is 2.08. The molecular formula is C13H18N2O2. The first-order valence-corrected chi connectivity index (χ1v) is 5.96. The number of anilines is 1. The highest BCUT2D eigenvalue weighted by molar-refractivity contribution is 5.94. The Kier molecular flexibility index (Phi) is 3.64. The highest BCUT2D eigenvalue weighted by atomic mass is 16.3. The number of nitrogens with one attached hydrogen (secondary N) is 1. The molecule has 0 unspecified atom stereocenters. The van der Waals surface area contributed by atoms with Crippen molar-refractivity contribution in [3.05, 3.63) is 24.3 Å². The number of carbonyl (C=O) groups is 1. The Bertz CT molecular complexity index is 400. The van der Waals surface area contributed by atoms with Crippen LogP contribution in [0.25, 0.3) is 0 Å². The number of rotatable bonds is 2. The zero-order chi connectivity index (χ0) is 12.3. The summed E-state index contributed by atoms with van der Waals surface area (Å²) in [6, 6.07) is 6.79. The minimum Gasteiger partial charge on any atom is -0.508 e. The van der Waals surface area contributed by atoms with Crippen molar-refractivity contribution in [3.8, 4) is 5.75 Å². The van der Waals surface area contributed by atoms with Crippen molar-refractivity contribution in [1.29, 1.82) is 0 Å². The van der Waals surface area contributed by atoms with Crippen molar-refractivity contribution in [1.82, 2.24) is 5.32 Å². The fourth-order valence-electron chi connectivity index (χ4n) is 2.17. The van der Waals surface area contributed by atoms with Crippen molar-refractivity contribution in [3.63, 3.8) is 0 Å². The van der Waals surface area contributed by atoms with E-state index in [1.54, 1.807) is 30.1 Å². The van der Waals surface area contributed by atoms with Gasteiger partial charge in [0.1, 0.15) is 5.75 Å². The standard InChI is InChI=1S/C13H18N2O2/c1-15(11-3-2-4-12(16)9-11)13(17)10-5-7-14-8-6-10/h2-4,9-10,14,16H,5-8H2,1H3. The second-order valence-corrected chi connectivity index (χ2v) is 4.44. The summed E-state index contributed by atoms with van der Waals surface area (Å²) < 4.78 is 0. The van der Waals surface area contributed by atoms with Gasteiger partial charge in [-0.15, -0.1) is 0 Å². The van der Waals surface area contributed by atoms with E-state index in [1.165, 1.54) is 0 Å². The first kappa shape index (κ1) is 11.9. The van der Waals surface area contributed by atoms with Crippen LogP contribution in [-0.2, 0) is 4.79 Å². The molecule has 1 fully saturated rings. The molecular weight excluding hydrogens is 216 g/mol. The van der Waals surface area contributed by atoms with Crippen LogP contribution in [0.2, 0.25) is 0 Å². The van der Waals surface area contributed by atoms with E-state index < -0.39 is 0 Å². The first-order chi connectivity index (χ1) is 8.18. The van der Waals surface area contributed by atoms with E-state index in [2.05, 4.69) is 5.32 Å². The Morgan fingerprint density at radius 2 is 2.12 bits per heavy atom. The molecule has 0 radical (unpaired) electrons. The lowest BCUT2D eigenvalue weighted by Gasteiger charge is -2.27. The van der Waals surface area contributed by atoms with E-state index in [9.17, 15) is 9.90 Å². The maximum absolute atomic E-state index is 12.2. The molecule has 1 aliphatic heterocycles. The van der Waals surface area contributed by atoms with Crippen molar-refractivity contribution < 1.29 is 9.90 Å². The zero-order valence-electron chi connectivity index (χ0n) is 10.0. The molecule has 0 atom stereocenters. The summed E-state index contributed by atoms with van der Waals surface area (Å²) in [6.07, 6.45) is 1.78. The molecule has 4 heteroatoms. The minimum atomic E-state index is 0.101. The van der Waals surface area contributed by atoms with Gasteiger partial charge < -0.3 is 15.3 Å². The lowest BCUT2D eigenvalue weighted by molar-refractivity contribution is -0.122. The maximum Gasteiger partial charge on any atom is 0.229 e. The van der Waals surface area contributed by atoms with E-state index in [-0.39, 0.29) is 17.6 Å². The Morgan fingerprint density at radius 3 is 2.76 bits per heavy atom. The van der Waals surface area contributed by atoms with Crippen molar-refractivity contribution in [2.75, 3.05) is 25.0 Å². The summed E-state index contributed by atoms with van der Waals surface area (Å²) in [5, 5.41) is 12.7. The highest BCUT2D eigenvalue weighted by Gasteiger charge is 2.24. The number of piperidine rings is 1. The van der Waals surface area contributed by atoms with Gasteiger partial charge in [0.2, 0.25) is 5.91 Å². The number of phenols is 1. The second kappa shape index (κ2) is 5.19. The van der Waals surface area contributed by atoms with E-state index in [0.717, 1.165) is 31.6 Å². The van der Waals surface area contributed by atoms with E-state index in [4.69, 9.17) is 0 Å². The third kappa shape index (κ3) is 2.77. The van der Waals surface area contributed by atoms with Gasteiger partial charge in [-0.25, -0.2) is 0 Å². The van der Waals surface area contributed by atoms with Crippen LogP contribution < -0.4 is 10.2 Å². The number of benzene rings is 1. The van der Waals surface area contributed by atoms with Gasteiger partial charge in [-0.05, 0) is 38.1 Å². The molecule has 1 aromatic rings. The fraction of sp³-hybridized carbons (Fsp3) is 0.462. The number of hydrogen-bond donors (Lipinski definition) is 2. The normalized spacial score (nSPS) is 16.8. The lowest BCUT2D eigenvalue weighted by Crippen LogP contribution is -2.39. The molecule has 0 bridgehead atoms. The molecule has 1 heterocycles. The number of carbonyl (C=O) groups excluding carboxylic acids is 1. The summed E-state index contributed by atoms with van der Waals surface area (Å²) in [5.41, 5.74) is 0.744. The van der Waals surface area contributed by atoms with Crippen LogP contribution in [0.1, 0.15) is 12.8 Å². The summed E-state index contributed by atoms with van der Waals surface area (Å²) in [5.74, 6) is 0.424. The Labute approximate surface area is 101 Å². The number of amides is 1. The summed E-state index contributed by atoms with van der Waals surface area (Å²) >= 11 is 0. The average Bonchev–Trinajstić information content (AvgIpc) is 2.38. The molecule has 0 aromatic heterocycles. The van der Waals surface area contributed by atoms with Crippen LogP contribution in [0, 0.1) is 5.92 Å². The van der Waals surface area contributed by atoms with Crippen LogP contribution in [0.4, 0.5) is 5.69 Å². The zero-order valence-corrected chi connectivity index (χ0v) is 10.0. The van der Waals surface area contributed by atoms with E-state index in [0.29, 0.717) is 0 Å². The quantitative estimate of drug-likeness (QED) is 0.812. The van der Waals surface area contributed by atoms with Crippen LogP contribution >= 0.6 is 0 Å². The van der Waals surface area contributed by atoms with Gasteiger partial charge in [0, 0.05) is 24.7 Å². The molecule has 17 heavy (non-hydrogen) atoms.